The Bertz CT molecular complexity index is 1430. The summed E-state index contributed by atoms with van der Waals surface area (Å²) in [5.41, 5.74) is 1.00. The number of nitrogens with two attached hydrogens (primary N) is 1. The number of halogens is 4. The standard InChI is InChI=1S/C22H21BrCl2FN5O5S/c23-13-3-1-2-11(4-13)8-31-17(24)6-14(21(31)25)20(33)15-7-28-10-29-22(15)30-16-5-12(19(32)18(16)26)9-36-37(27,34)35/h1-4,6-7,10,12,16,18-19,32H,5,8-9H2,(H2,27,34,35)(H,28,29,30)/t12-,16-,18-,19-/m1/s1. The van der Waals surface area contributed by atoms with Crippen molar-refractivity contribution in [1.82, 2.24) is 14.5 Å². The predicted octanol–water partition coefficient (Wildman–Crippen LogP) is 3.35. The number of hydrogen-bond donors (Lipinski definition) is 3. The number of ketones is 1. The van der Waals surface area contributed by atoms with Crippen LogP contribution in [0.4, 0.5) is 10.2 Å². The van der Waals surface area contributed by atoms with Crippen LogP contribution in [0.3, 0.4) is 0 Å². The van der Waals surface area contributed by atoms with E-state index in [-0.39, 0.29) is 33.7 Å². The second-order valence-electron chi connectivity index (χ2n) is 8.46. The normalized spacial score (nSPS) is 21.8. The van der Waals surface area contributed by atoms with E-state index in [0.29, 0.717) is 6.54 Å². The molecule has 4 atom stereocenters. The smallest absolute Gasteiger partial charge is 0.333 e. The third-order valence-corrected chi connectivity index (χ3v) is 7.61. The molecule has 0 saturated heterocycles. The summed E-state index contributed by atoms with van der Waals surface area (Å²) in [7, 11) is -4.25. The molecule has 37 heavy (non-hydrogen) atoms. The molecule has 15 heteroatoms. The topological polar surface area (TPSA) is 149 Å². The minimum absolute atomic E-state index is 0.00611. The number of nitrogens with zero attached hydrogens (tertiary/aromatic N) is 3. The highest BCUT2D eigenvalue weighted by Crippen LogP contribution is 2.34. The summed E-state index contributed by atoms with van der Waals surface area (Å²) in [4.78, 5) is 21.4. The fraction of sp³-hybridized carbons (Fsp3) is 0.318. The number of aliphatic hydroxyl groups is 1. The maximum atomic E-state index is 14.8. The number of benzene rings is 1. The van der Waals surface area contributed by atoms with Crippen molar-refractivity contribution in [3.8, 4) is 0 Å². The molecule has 198 valence electrons. The molecule has 4 rings (SSSR count). The van der Waals surface area contributed by atoms with E-state index in [9.17, 15) is 22.7 Å². The van der Waals surface area contributed by atoms with Crippen molar-refractivity contribution >= 4 is 61.0 Å². The molecule has 0 unspecified atom stereocenters. The van der Waals surface area contributed by atoms with E-state index in [4.69, 9.17) is 28.3 Å². The first-order valence-corrected chi connectivity index (χ1v) is 13.9. The van der Waals surface area contributed by atoms with Crippen LogP contribution >= 0.6 is 39.1 Å². The fourth-order valence-corrected chi connectivity index (χ4v) is 5.53. The Hall–Kier alpha value is -2.13. The van der Waals surface area contributed by atoms with Gasteiger partial charge >= 0.3 is 10.3 Å². The highest BCUT2D eigenvalue weighted by atomic mass is 79.9. The number of aliphatic hydroxyl groups excluding tert-OH is 1. The molecular weight excluding hydrogens is 616 g/mol. The summed E-state index contributed by atoms with van der Waals surface area (Å²) >= 11 is 16.3. The molecule has 2 aromatic heterocycles. The number of alkyl halides is 1. The van der Waals surface area contributed by atoms with Crippen molar-refractivity contribution in [2.45, 2.75) is 31.3 Å². The second-order valence-corrected chi connectivity index (χ2v) is 11.3. The molecule has 0 bridgehead atoms. The first-order valence-electron chi connectivity index (χ1n) is 10.8. The maximum absolute atomic E-state index is 14.8. The van der Waals surface area contributed by atoms with Crippen molar-refractivity contribution < 1.29 is 26.9 Å². The zero-order chi connectivity index (χ0) is 26.9. The predicted molar refractivity (Wildman–Crippen MR) is 139 cm³/mol. The summed E-state index contributed by atoms with van der Waals surface area (Å²) in [6.45, 7) is -0.181. The van der Waals surface area contributed by atoms with Crippen molar-refractivity contribution in [2.24, 2.45) is 11.1 Å². The molecule has 2 heterocycles. The van der Waals surface area contributed by atoms with Crippen LogP contribution in [0, 0.1) is 5.92 Å². The first-order chi connectivity index (χ1) is 17.4. The van der Waals surface area contributed by atoms with Crippen LogP contribution in [0.25, 0.3) is 0 Å². The van der Waals surface area contributed by atoms with Gasteiger partial charge in [0, 0.05) is 23.1 Å². The van der Waals surface area contributed by atoms with Gasteiger partial charge in [-0.25, -0.2) is 19.5 Å². The van der Waals surface area contributed by atoms with Gasteiger partial charge in [-0.1, -0.05) is 51.3 Å². The van der Waals surface area contributed by atoms with E-state index in [2.05, 4.69) is 35.4 Å². The van der Waals surface area contributed by atoms with E-state index in [1.807, 2.05) is 24.3 Å². The second kappa shape index (κ2) is 11.3. The van der Waals surface area contributed by atoms with Gasteiger partial charge in [-0.2, -0.15) is 8.42 Å². The van der Waals surface area contributed by atoms with Gasteiger partial charge < -0.3 is 15.0 Å². The minimum Gasteiger partial charge on any atom is -0.390 e. The lowest BCUT2D eigenvalue weighted by Crippen LogP contribution is -2.33. The zero-order valence-corrected chi connectivity index (χ0v) is 22.8. The van der Waals surface area contributed by atoms with Crippen molar-refractivity contribution in [3.05, 3.63) is 74.3 Å². The number of nitrogens with one attached hydrogen (secondary N) is 1. The highest BCUT2D eigenvalue weighted by molar-refractivity contribution is 9.10. The third kappa shape index (κ3) is 6.48. The van der Waals surface area contributed by atoms with E-state index in [1.54, 1.807) is 4.57 Å². The lowest BCUT2D eigenvalue weighted by molar-refractivity contribution is 0.0501. The molecule has 1 aliphatic carbocycles. The van der Waals surface area contributed by atoms with Gasteiger partial charge in [0.05, 0.1) is 29.9 Å². The van der Waals surface area contributed by atoms with Crippen LogP contribution in [0.5, 0.6) is 0 Å². The lowest BCUT2D eigenvalue weighted by Gasteiger charge is -2.18. The van der Waals surface area contributed by atoms with Gasteiger partial charge in [0.15, 0.2) is 0 Å². The van der Waals surface area contributed by atoms with Crippen molar-refractivity contribution in [1.29, 1.82) is 0 Å². The van der Waals surface area contributed by atoms with Gasteiger partial charge in [-0.05, 0) is 30.2 Å². The molecule has 4 N–H and O–H groups in total. The number of carbonyl (C=O) groups excluding carboxylic acids is 1. The number of carbonyl (C=O) groups is 1. The largest absolute Gasteiger partial charge is 0.390 e. The summed E-state index contributed by atoms with van der Waals surface area (Å²) in [5.74, 6) is -1.39. The summed E-state index contributed by atoms with van der Waals surface area (Å²) in [5, 5.41) is 18.2. The Labute approximate surface area is 230 Å². The van der Waals surface area contributed by atoms with Gasteiger partial charge in [0.1, 0.15) is 28.6 Å². The molecule has 1 saturated carbocycles. The Kier molecular flexibility index (Phi) is 8.53. The molecule has 1 fully saturated rings. The third-order valence-electron chi connectivity index (χ3n) is 5.93. The number of hydrogen-bond acceptors (Lipinski definition) is 8. The van der Waals surface area contributed by atoms with Crippen LogP contribution in [-0.4, -0.2) is 58.8 Å². The quantitative estimate of drug-likeness (QED) is 0.303. The summed E-state index contributed by atoms with van der Waals surface area (Å²) in [6, 6.07) is 7.95. The molecule has 0 amide bonds. The molecule has 1 aliphatic rings. The number of anilines is 1. The Balaban J connectivity index is 1.55. The molecule has 0 spiro atoms. The monoisotopic (exact) mass is 635 g/mol. The van der Waals surface area contributed by atoms with E-state index < -0.39 is 46.9 Å². The van der Waals surface area contributed by atoms with E-state index >= 15 is 0 Å². The Morgan fingerprint density at radius 1 is 1.32 bits per heavy atom. The van der Waals surface area contributed by atoms with E-state index in [1.165, 1.54) is 18.6 Å². The number of aromatic nitrogens is 3. The van der Waals surface area contributed by atoms with E-state index in [0.717, 1.165) is 10.0 Å². The average Bonchev–Trinajstić information content (AvgIpc) is 3.27. The SMILES string of the molecule is NS(=O)(=O)OC[C@H]1C[C@@H](Nc2ncncc2C(=O)c2cc(Cl)n(Cc3cccc(Br)c3)c2Cl)[C@@H](F)[C@@H]1O. The molecule has 1 aromatic carbocycles. The van der Waals surface area contributed by atoms with Gasteiger partial charge in [0.2, 0.25) is 5.78 Å². The minimum atomic E-state index is -4.25. The van der Waals surface area contributed by atoms with Crippen LogP contribution in [0.15, 0.2) is 47.3 Å². The summed E-state index contributed by atoms with van der Waals surface area (Å²) < 4.78 is 43.9. The van der Waals surface area contributed by atoms with Crippen molar-refractivity contribution in [3.63, 3.8) is 0 Å². The van der Waals surface area contributed by atoms with Gasteiger partial charge in [-0.3, -0.25) is 8.98 Å². The molecule has 3 aromatic rings. The maximum Gasteiger partial charge on any atom is 0.333 e. The van der Waals surface area contributed by atoms with Crippen LogP contribution in [0.2, 0.25) is 10.3 Å². The number of rotatable bonds is 9. The highest BCUT2D eigenvalue weighted by Gasteiger charge is 2.44. The molecular formula is C22H21BrCl2FN5O5S. The molecule has 10 nitrogen and oxygen atoms in total. The fourth-order valence-electron chi connectivity index (χ4n) is 4.13. The van der Waals surface area contributed by atoms with Crippen molar-refractivity contribution in [2.75, 3.05) is 11.9 Å². The lowest BCUT2D eigenvalue weighted by atomic mass is 10.1. The van der Waals surface area contributed by atoms with Gasteiger partial charge in [-0.15, -0.1) is 0 Å². The molecule has 0 radical (unpaired) electrons. The zero-order valence-electron chi connectivity index (χ0n) is 18.9. The first kappa shape index (κ1) is 27.9. The van der Waals surface area contributed by atoms with Crippen LogP contribution in [-0.2, 0) is 21.0 Å². The van der Waals surface area contributed by atoms with Gasteiger partial charge in [0.25, 0.3) is 0 Å². The summed E-state index contributed by atoms with van der Waals surface area (Å²) in [6.07, 6.45) is -0.887. The molecule has 0 aliphatic heterocycles. The average molecular weight is 637 g/mol. The van der Waals surface area contributed by atoms with Crippen LogP contribution in [0.1, 0.15) is 27.9 Å². The Morgan fingerprint density at radius 2 is 2.08 bits per heavy atom. The van der Waals surface area contributed by atoms with Crippen LogP contribution < -0.4 is 10.5 Å². The Morgan fingerprint density at radius 3 is 2.78 bits per heavy atom.